The minimum Gasteiger partial charge on any atom is -0.0843 e. The number of hydrogen-bond acceptors (Lipinski definition) is 0. The van der Waals surface area contributed by atoms with E-state index in [0.717, 1.165) is 22.3 Å². The smallest absolute Gasteiger partial charge is 0.0406 e. The lowest BCUT2D eigenvalue weighted by molar-refractivity contribution is 1.62. The van der Waals surface area contributed by atoms with Gasteiger partial charge in [-0.2, -0.15) is 0 Å². The zero-order valence-electron chi connectivity index (χ0n) is 43.8. The first-order valence-corrected chi connectivity index (χ1v) is 29.2. The molecule has 0 saturated carbocycles. The molecule has 0 nitrogen and oxygen atoms in total. The van der Waals surface area contributed by atoms with E-state index in [0.29, 0.717) is 20.1 Å². The van der Waals surface area contributed by atoms with E-state index in [2.05, 4.69) is 206 Å². The second-order valence-corrected chi connectivity index (χ2v) is 23.5. The molecule has 0 heterocycles. The van der Waals surface area contributed by atoms with Crippen molar-refractivity contribution >= 4 is 111 Å². The van der Waals surface area contributed by atoms with Crippen LogP contribution in [0.3, 0.4) is 0 Å². The van der Waals surface area contributed by atoms with Gasteiger partial charge >= 0.3 is 0 Å². The van der Waals surface area contributed by atoms with Gasteiger partial charge in [-0.1, -0.05) is 253 Å². The molecule has 15 aromatic rings. The molecular weight excluding hydrogens is 1080 g/mol. The minimum absolute atomic E-state index is 0.712. The maximum atomic E-state index is 6.61. The Morgan fingerprint density at radius 2 is 0.354 bits per heavy atom. The molecule has 0 amide bonds. The Hall–Kier alpha value is -8.98. The predicted octanol–water partition coefficient (Wildman–Crippen LogP) is 24.5. The van der Waals surface area contributed by atoms with E-state index in [1.165, 1.54) is 154 Å². The van der Waals surface area contributed by atoms with Gasteiger partial charge in [0.2, 0.25) is 0 Å². The summed E-state index contributed by atoms with van der Waals surface area (Å²) in [4.78, 5) is 0. The maximum Gasteiger partial charge on any atom is 0.0406 e. The van der Waals surface area contributed by atoms with Crippen LogP contribution in [0.25, 0.3) is 176 Å². The van der Waals surface area contributed by atoms with E-state index in [4.69, 9.17) is 46.4 Å². The van der Waals surface area contributed by atoms with Gasteiger partial charge in [-0.25, -0.2) is 0 Å². The fourth-order valence-electron chi connectivity index (χ4n) is 14.4. The molecular formula is C78H42Cl4. The van der Waals surface area contributed by atoms with Crippen molar-refractivity contribution in [3.05, 3.63) is 275 Å². The molecule has 2 aliphatic rings. The van der Waals surface area contributed by atoms with Crippen molar-refractivity contribution in [2.24, 2.45) is 0 Å². The molecule has 0 atom stereocenters. The summed E-state index contributed by atoms with van der Waals surface area (Å²) in [6.07, 6.45) is 0. The van der Waals surface area contributed by atoms with Crippen LogP contribution in [0, 0.1) is 0 Å². The zero-order valence-corrected chi connectivity index (χ0v) is 46.8. The Balaban J connectivity index is 0.929. The molecule has 82 heavy (non-hydrogen) atoms. The number of rotatable bonds is 6. The highest BCUT2D eigenvalue weighted by Crippen LogP contribution is 2.62. The van der Waals surface area contributed by atoms with Crippen LogP contribution in [-0.4, -0.2) is 0 Å². The number of halogens is 4. The first kappa shape index (κ1) is 47.8. The largest absolute Gasteiger partial charge is 0.0843 e. The monoisotopic (exact) mass is 1120 g/mol. The molecule has 0 radical (unpaired) electrons. The first-order chi connectivity index (χ1) is 40.4. The van der Waals surface area contributed by atoms with Crippen molar-refractivity contribution in [2.75, 3.05) is 0 Å². The van der Waals surface area contributed by atoms with Crippen LogP contribution in [0.2, 0.25) is 20.1 Å². The van der Waals surface area contributed by atoms with E-state index >= 15 is 0 Å². The van der Waals surface area contributed by atoms with Crippen molar-refractivity contribution in [1.82, 2.24) is 0 Å². The second-order valence-electron chi connectivity index (χ2n) is 21.7. The maximum absolute atomic E-state index is 6.61. The van der Waals surface area contributed by atoms with Crippen LogP contribution in [0.4, 0.5) is 0 Å². The zero-order chi connectivity index (χ0) is 54.5. The molecule has 4 heteroatoms. The average molecular weight is 1120 g/mol. The average Bonchev–Trinajstić information content (AvgIpc) is 2.94. The van der Waals surface area contributed by atoms with Crippen LogP contribution >= 0.6 is 46.4 Å². The van der Waals surface area contributed by atoms with Gasteiger partial charge in [-0.3, -0.25) is 0 Å². The van der Waals surface area contributed by atoms with Crippen molar-refractivity contribution in [1.29, 1.82) is 0 Å². The quantitative estimate of drug-likeness (QED) is 0.146. The third kappa shape index (κ3) is 6.88. The van der Waals surface area contributed by atoms with Crippen LogP contribution in [0.1, 0.15) is 0 Å². The third-order valence-corrected chi connectivity index (χ3v) is 18.6. The molecule has 0 N–H and O–H groups in total. The lowest BCUT2D eigenvalue weighted by Crippen LogP contribution is -1.94. The SMILES string of the molecule is Clc1ccc(-c2c3c(c(-c4ccc(Cl)cc4)c4ccccc24)-c2ccc(-c4c5ccccc5c(-c5ccc6c7c(cccc57)-c5c-6c(-c6ccc(Cl)cc6)c6ccccc6c5-c5ccc(Cl)cc5)c5ccccc45)c4cccc-3c24)cc1. The Bertz CT molecular complexity index is 4680. The summed E-state index contributed by atoms with van der Waals surface area (Å²) in [7, 11) is 0. The van der Waals surface area contributed by atoms with Crippen LogP contribution < -0.4 is 0 Å². The van der Waals surface area contributed by atoms with Crippen molar-refractivity contribution in [2.45, 2.75) is 0 Å². The lowest BCUT2D eigenvalue weighted by Gasteiger charge is -2.21. The van der Waals surface area contributed by atoms with E-state index in [-0.39, 0.29) is 0 Å². The minimum atomic E-state index is 0.712. The first-order valence-electron chi connectivity index (χ1n) is 27.7. The van der Waals surface area contributed by atoms with Gasteiger partial charge < -0.3 is 0 Å². The summed E-state index contributed by atoms with van der Waals surface area (Å²) < 4.78 is 0. The molecule has 0 saturated heterocycles. The lowest BCUT2D eigenvalue weighted by atomic mass is 9.82. The Morgan fingerprint density at radius 3 is 0.610 bits per heavy atom. The van der Waals surface area contributed by atoms with Gasteiger partial charge in [0, 0.05) is 20.1 Å². The van der Waals surface area contributed by atoms with E-state index < -0.39 is 0 Å². The third-order valence-electron chi connectivity index (χ3n) is 17.6. The summed E-state index contributed by atoms with van der Waals surface area (Å²) in [5, 5.41) is 17.4. The molecule has 15 aromatic carbocycles. The van der Waals surface area contributed by atoms with Crippen LogP contribution in [0.15, 0.2) is 255 Å². The van der Waals surface area contributed by atoms with Crippen molar-refractivity contribution < 1.29 is 0 Å². The molecule has 2 aliphatic carbocycles. The summed E-state index contributed by atoms with van der Waals surface area (Å²) in [5.41, 5.74) is 24.0. The van der Waals surface area contributed by atoms with Crippen LogP contribution in [0.5, 0.6) is 0 Å². The number of hydrogen-bond donors (Lipinski definition) is 0. The standard InChI is InChI=1S/C78H42Cl4/c79-47-31-23-43(24-32-47)67-51-11-1-3-13-53(51)69(45-27-35-49(81)36-28-45)77-65-41-39-61(59-19-9-21-63(73(59)65)75(67)77)71-55-15-5-7-17-57(55)72(58-18-8-6-16-56(58)71)62-40-42-66-74-60(62)20-10-22-64(74)76-68(44-25-33-48(80)34-26-44)52-12-2-4-14-54(52)70(78(66)76)46-29-37-50(82)38-30-46/h1-42H. The fourth-order valence-corrected chi connectivity index (χ4v) is 14.9. The normalized spacial score (nSPS) is 12.1. The Morgan fingerprint density at radius 1 is 0.146 bits per heavy atom. The van der Waals surface area contributed by atoms with Gasteiger partial charge in [0.1, 0.15) is 0 Å². The van der Waals surface area contributed by atoms with Gasteiger partial charge in [0.25, 0.3) is 0 Å². The topological polar surface area (TPSA) is 0 Å². The summed E-state index contributed by atoms with van der Waals surface area (Å²) >= 11 is 26.4. The highest BCUT2D eigenvalue weighted by Gasteiger charge is 2.34. The van der Waals surface area contributed by atoms with Gasteiger partial charge in [0.05, 0.1) is 0 Å². The molecule has 0 aliphatic heterocycles. The van der Waals surface area contributed by atoms with E-state index in [9.17, 15) is 0 Å². The fraction of sp³-hybridized carbons (Fsp3) is 0. The van der Waals surface area contributed by atoms with Gasteiger partial charge in [-0.05, 0) is 224 Å². The number of benzene rings is 15. The van der Waals surface area contributed by atoms with Gasteiger partial charge in [0.15, 0.2) is 0 Å². The van der Waals surface area contributed by atoms with Crippen molar-refractivity contribution in [3.8, 4) is 111 Å². The molecule has 0 fully saturated rings. The highest BCUT2D eigenvalue weighted by molar-refractivity contribution is 6.36. The van der Waals surface area contributed by atoms with E-state index in [1.807, 2.05) is 48.5 Å². The second kappa shape index (κ2) is 18.3. The Labute approximate surface area is 493 Å². The highest BCUT2D eigenvalue weighted by atomic mass is 35.5. The summed E-state index contributed by atoms with van der Waals surface area (Å²) in [5.74, 6) is 0. The molecule has 0 aromatic heterocycles. The van der Waals surface area contributed by atoms with E-state index in [1.54, 1.807) is 0 Å². The molecule has 0 unspecified atom stereocenters. The molecule has 17 rings (SSSR count). The summed E-state index contributed by atoms with van der Waals surface area (Å²) in [6.45, 7) is 0. The molecule has 0 spiro atoms. The molecule has 382 valence electrons. The van der Waals surface area contributed by atoms with Crippen molar-refractivity contribution in [3.63, 3.8) is 0 Å². The van der Waals surface area contributed by atoms with Gasteiger partial charge in [-0.15, -0.1) is 0 Å². The van der Waals surface area contributed by atoms with Crippen LogP contribution in [-0.2, 0) is 0 Å². The molecule has 0 bridgehead atoms. The summed E-state index contributed by atoms with van der Waals surface area (Å²) in [6, 6.07) is 92.7. The Kier molecular flexibility index (Phi) is 10.6. The number of fused-ring (bicyclic) bond motifs is 10. The predicted molar refractivity (Wildman–Crippen MR) is 353 cm³/mol.